The van der Waals surface area contributed by atoms with Gasteiger partial charge in [0.15, 0.2) is 0 Å². The molecule has 0 saturated heterocycles. The maximum absolute atomic E-state index is 6.12. The highest BCUT2D eigenvalue weighted by Crippen LogP contribution is 2.44. The molecule has 3 aliphatic rings. The van der Waals surface area contributed by atoms with E-state index in [1.807, 2.05) is 12.1 Å². The van der Waals surface area contributed by atoms with Gasteiger partial charge in [0.1, 0.15) is 11.2 Å². The topological polar surface area (TPSA) is 16.4 Å². The highest BCUT2D eigenvalue weighted by Gasteiger charge is 2.31. The third kappa shape index (κ3) is 6.83. The van der Waals surface area contributed by atoms with Gasteiger partial charge < -0.3 is 9.32 Å². The van der Waals surface area contributed by atoms with Crippen LogP contribution >= 0.6 is 0 Å². The Morgan fingerprint density at radius 2 is 1.23 bits per heavy atom. The van der Waals surface area contributed by atoms with Crippen LogP contribution in [0.1, 0.15) is 49.3 Å². The minimum atomic E-state index is 0.144. The Labute approximate surface area is 335 Å². The van der Waals surface area contributed by atoms with Crippen LogP contribution in [0.25, 0.3) is 49.8 Å². The summed E-state index contributed by atoms with van der Waals surface area (Å²) in [5.74, 6) is 0.471. The Kier molecular flexibility index (Phi) is 9.03. The van der Waals surface area contributed by atoms with Crippen molar-refractivity contribution in [1.29, 1.82) is 0 Å². The smallest absolute Gasteiger partial charge is 0.135 e. The molecule has 7 aromatic rings. The average molecular weight is 736 g/mol. The standard InChI is InChI=1S/C55H45NO/c1-55(34-8-3-9-35-55)47-17-11-16-45(37-47)41-22-29-49(30-23-41)56(48-27-20-40(21-28-48)44-15-10-14-43(36-44)39-12-4-2-5-13-39)50-31-24-42(25-32-50)46-26-33-54-52(38-46)51-18-6-7-19-53(51)57-54/h2-9,11-14,16-34,36,38,47H,10,15,35,37H2,1H3/t47?,55-/m1/s1. The molecule has 0 bridgehead atoms. The Morgan fingerprint density at radius 1 is 0.579 bits per heavy atom. The molecule has 2 nitrogen and oxygen atoms in total. The number of anilines is 3. The zero-order valence-corrected chi connectivity index (χ0v) is 32.3. The number of rotatable bonds is 8. The van der Waals surface area contributed by atoms with Gasteiger partial charge in [-0.1, -0.05) is 153 Å². The summed E-state index contributed by atoms with van der Waals surface area (Å²) < 4.78 is 6.12. The summed E-state index contributed by atoms with van der Waals surface area (Å²) in [6, 6.07) is 52.8. The van der Waals surface area contributed by atoms with Gasteiger partial charge in [-0.3, -0.25) is 0 Å². The van der Waals surface area contributed by atoms with Crippen molar-refractivity contribution in [3.05, 3.63) is 217 Å². The van der Waals surface area contributed by atoms with E-state index < -0.39 is 0 Å². The highest BCUT2D eigenvalue weighted by molar-refractivity contribution is 6.06. The molecule has 0 radical (unpaired) electrons. The predicted octanol–water partition coefficient (Wildman–Crippen LogP) is 15.5. The molecular weight excluding hydrogens is 691 g/mol. The van der Waals surface area contributed by atoms with Crippen LogP contribution in [0.4, 0.5) is 17.1 Å². The molecular formula is C55H45NO. The van der Waals surface area contributed by atoms with Crippen LogP contribution in [-0.2, 0) is 0 Å². The number of para-hydroxylation sites is 1. The van der Waals surface area contributed by atoms with Gasteiger partial charge in [0.05, 0.1) is 0 Å². The number of benzene rings is 6. The van der Waals surface area contributed by atoms with E-state index in [-0.39, 0.29) is 5.41 Å². The summed E-state index contributed by atoms with van der Waals surface area (Å²) in [6.45, 7) is 2.39. The average Bonchev–Trinajstić information content (AvgIpc) is 3.66. The van der Waals surface area contributed by atoms with Gasteiger partial charge in [0.25, 0.3) is 0 Å². The number of allylic oxidation sites excluding steroid dienone is 12. The van der Waals surface area contributed by atoms with Gasteiger partial charge in [-0.25, -0.2) is 0 Å². The van der Waals surface area contributed by atoms with Crippen molar-refractivity contribution in [3.8, 4) is 11.1 Å². The Bertz CT molecular complexity index is 2770. The molecule has 10 rings (SSSR count). The third-order valence-electron chi connectivity index (χ3n) is 12.3. The summed E-state index contributed by atoms with van der Waals surface area (Å²) in [7, 11) is 0. The fraction of sp³-hybridized carbons (Fsp3) is 0.127. The maximum Gasteiger partial charge on any atom is 0.135 e. The first kappa shape index (κ1) is 34.8. The molecule has 0 saturated carbocycles. The van der Waals surface area contributed by atoms with Crippen LogP contribution in [0.2, 0.25) is 0 Å². The molecule has 2 heteroatoms. The van der Waals surface area contributed by atoms with Crippen molar-refractivity contribution in [2.45, 2.75) is 32.6 Å². The molecule has 57 heavy (non-hydrogen) atoms. The summed E-state index contributed by atoms with van der Waals surface area (Å²) in [5.41, 5.74) is 15.6. The predicted molar refractivity (Wildman–Crippen MR) is 242 cm³/mol. The lowest BCUT2D eigenvalue weighted by Gasteiger charge is -2.36. The number of hydrogen-bond donors (Lipinski definition) is 0. The molecule has 1 aromatic heterocycles. The molecule has 0 fully saturated rings. The van der Waals surface area contributed by atoms with Crippen LogP contribution in [0.5, 0.6) is 0 Å². The first-order valence-electron chi connectivity index (χ1n) is 20.3. The van der Waals surface area contributed by atoms with Crippen molar-refractivity contribution in [2.75, 3.05) is 4.90 Å². The van der Waals surface area contributed by atoms with Crippen LogP contribution in [0.15, 0.2) is 205 Å². The van der Waals surface area contributed by atoms with Gasteiger partial charge in [-0.05, 0) is 136 Å². The van der Waals surface area contributed by atoms with Gasteiger partial charge in [-0.2, -0.15) is 0 Å². The van der Waals surface area contributed by atoms with Crippen LogP contribution in [0.3, 0.4) is 0 Å². The van der Waals surface area contributed by atoms with Gasteiger partial charge in [0.2, 0.25) is 0 Å². The number of fused-ring (bicyclic) bond motifs is 3. The minimum Gasteiger partial charge on any atom is -0.456 e. The van der Waals surface area contributed by atoms with Crippen molar-refractivity contribution >= 4 is 55.7 Å². The second kappa shape index (κ2) is 14.8. The van der Waals surface area contributed by atoms with Crippen molar-refractivity contribution in [3.63, 3.8) is 0 Å². The summed E-state index contributed by atoms with van der Waals surface area (Å²) in [5, 5.41) is 2.29. The second-order valence-corrected chi connectivity index (χ2v) is 15.9. The lowest BCUT2D eigenvalue weighted by molar-refractivity contribution is 0.312. The molecule has 0 spiro atoms. The van der Waals surface area contributed by atoms with Crippen molar-refractivity contribution in [1.82, 2.24) is 0 Å². The molecule has 1 unspecified atom stereocenters. The Morgan fingerprint density at radius 3 is 1.95 bits per heavy atom. The van der Waals surface area contributed by atoms with E-state index in [4.69, 9.17) is 4.42 Å². The van der Waals surface area contributed by atoms with Crippen LogP contribution in [-0.4, -0.2) is 0 Å². The van der Waals surface area contributed by atoms with Gasteiger partial charge in [-0.15, -0.1) is 0 Å². The molecule has 6 aromatic carbocycles. The van der Waals surface area contributed by atoms with E-state index in [1.165, 1.54) is 44.5 Å². The van der Waals surface area contributed by atoms with Crippen molar-refractivity contribution < 1.29 is 4.42 Å². The maximum atomic E-state index is 6.12. The van der Waals surface area contributed by atoms with Gasteiger partial charge in [0, 0.05) is 27.8 Å². The number of hydrogen-bond acceptors (Lipinski definition) is 2. The van der Waals surface area contributed by atoms with Crippen LogP contribution < -0.4 is 4.90 Å². The van der Waals surface area contributed by atoms with E-state index in [9.17, 15) is 0 Å². The largest absolute Gasteiger partial charge is 0.456 e. The fourth-order valence-corrected chi connectivity index (χ4v) is 8.93. The Balaban J connectivity index is 0.975. The molecule has 2 atom stereocenters. The summed E-state index contributed by atoms with van der Waals surface area (Å²) in [6.07, 6.45) is 25.0. The lowest BCUT2D eigenvalue weighted by atomic mass is 9.68. The lowest BCUT2D eigenvalue weighted by Crippen LogP contribution is -2.25. The zero-order valence-electron chi connectivity index (χ0n) is 32.3. The Hall–Kier alpha value is -6.64. The van der Waals surface area contributed by atoms with E-state index >= 15 is 0 Å². The van der Waals surface area contributed by atoms with E-state index in [0.29, 0.717) is 5.92 Å². The monoisotopic (exact) mass is 735 g/mol. The minimum absolute atomic E-state index is 0.144. The number of furan rings is 1. The number of nitrogens with zero attached hydrogens (tertiary/aromatic N) is 1. The highest BCUT2D eigenvalue weighted by atomic mass is 16.3. The molecule has 276 valence electrons. The van der Waals surface area contributed by atoms with Gasteiger partial charge >= 0.3 is 0 Å². The molecule has 3 aliphatic carbocycles. The first-order chi connectivity index (χ1) is 28.1. The summed E-state index contributed by atoms with van der Waals surface area (Å²) in [4.78, 5) is 2.38. The molecule has 0 amide bonds. The first-order valence-corrected chi connectivity index (χ1v) is 20.3. The third-order valence-corrected chi connectivity index (χ3v) is 12.3. The zero-order chi connectivity index (χ0) is 38.2. The van der Waals surface area contributed by atoms with Crippen LogP contribution in [0, 0.1) is 11.3 Å². The molecule has 0 N–H and O–H groups in total. The quantitative estimate of drug-likeness (QED) is 0.155. The normalized spacial score (nSPS) is 19.0. The second-order valence-electron chi connectivity index (χ2n) is 15.9. The fourth-order valence-electron chi connectivity index (χ4n) is 8.93. The molecule has 1 heterocycles. The van der Waals surface area contributed by atoms with E-state index in [1.54, 1.807) is 0 Å². The molecule has 0 aliphatic heterocycles. The van der Waals surface area contributed by atoms with E-state index in [0.717, 1.165) is 64.7 Å². The SMILES string of the molecule is C[C@@]1(C2C=CC=C(c3ccc(N(c4ccc(C5=CC(c6ccccc6)=CCC5)cc4)c4ccc(-c5ccc6oc7ccccc7c6c5)cc4)cc3)C2)C=CC=CC1. The van der Waals surface area contributed by atoms with Crippen molar-refractivity contribution in [2.24, 2.45) is 11.3 Å². The van der Waals surface area contributed by atoms with E-state index in [2.05, 4.69) is 200 Å². The summed E-state index contributed by atoms with van der Waals surface area (Å²) >= 11 is 0.